The van der Waals surface area contributed by atoms with Gasteiger partial charge in [0.1, 0.15) is 0 Å². The summed E-state index contributed by atoms with van der Waals surface area (Å²) in [6.07, 6.45) is -0.667. The van der Waals surface area contributed by atoms with Crippen LogP contribution in [0.4, 0.5) is 0 Å². The van der Waals surface area contributed by atoms with Gasteiger partial charge in [-0.05, 0) is 55.4 Å². The molecule has 0 fully saturated rings. The molecule has 0 unspecified atom stereocenters. The van der Waals surface area contributed by atoms with Crippen LogP contribution in [-0.2, 0) is 43.4 Å². The van der Waals surface area contributed by atoms with Crippen LogP contribution >= 0.6 is 0 Å². The fourth-order valence-electron chi connectivity index (χ4n) is 0. The Kier molecular flexibility index (Phi) is 233. The molecule has 0 bridgehead atoms. The molecule has 26 heavy (non-hydrogen) atoms. The summed E-state index contributed by atoms with van der Waals surface area (Å²) in [6, 6.07) is 0. The minimum atomic E-state index is -0.167. The first-order valence-corrected chi connectivity index (χ1v) is 7.44. The third-order valence-electron chi connectivity index (χ3n) is 0. The number of aliphatic hydroxyl groups is 8. The van der Waals surface area contributed by atoms with E-state index in [1.807, 2.05) is 0 Å². The van der Waals surface area contributed by atoms with E-state index in [1.54, 1.807) is 55.4 Å². The van der Waals surface area contributed by atoms with Crippen molar-refractivity contribution in [3.05, 3.63) is 0 Å². The maximum absolute atomic E-state index is 8.06. The maximum Gasteiger partial charge on any atom is 0.0483 e. The zero-order valence-corrected chi connectivity index (χ0v) is 22.0. The Morgan fingerprint density at radius 3 is 0.308 bits per heavy atom. The molecule has 0 aliphatic rings. The molecular weight excluding hydrogens is 416 g/mol. The SMILES string of the molecule is CC(C)O.CC(C)O.CC(C)O.CC(C)O.CO.CO.CO.CO.[Ti].[Ti]. The van der Waals surface area contributed by atoms with Gasteiger partial charge in [0, 0.05) is 96.3 Å². The molecule has 10 heteroatoms. The standard InChI is InChI=1S/4C3H8O.4CH4O.2Ti/c4*1-3(2)4;4*1-2;;/h4*3-4H,1-2H3;4*2H,1H3;;. The topological polar surface area (TPSA) is 162 Å². The summed E-state index contributed by atoms with van der Waals surface area (Å²) in [4.78, 5) is 0. The van der Waals surface area contributed by atoms with Crippen LogP contribution in [0.1, 0.15) is 55.4 Å². The van der Waals surface area contributed by atoms with Crippen molar-refractivity contribution < 1.29 is 84.3 Å². The normalized spacial score (nSPS) is 6.46. The van der Waals surface area contributed by atoms with Gasteiger partial charge in [0.2, 0.25) is 0 Å². The summed E-state index contributed by atoms with van der Waals surface area (Å²) < 4.78 is 0. The molecule has 0 radical (unpaired) electrons. The summed E-state index contributed by atoms with van der Waals surface area (Å²) in [6.45, 7) is 13.8. The van der Waals surface area contributed by atoms with Crippen LogP contribution < -0.4 is 0 Å². The van der Waals surface area contributed by atoms with Crippen molar-refractivity contribution in [1.29, 1.82) is 0 Å². The molecule has 0 heterocycles. The predicted octanol–water partition coefficient (Wildman–Crippen LogP) is -0.0226. The molecule has 0 aromatic rings. The van der Waals surface area contributed by atoms with Crippen LogP contribution in [0.3, 0.4) is 0 Å². The maximum atomic E-state index is 8.06. The Bertz CT molecular complexity index is 75.2. The molecule has 8 nitrogen and oxygen atoms in total. The van der Waals surface area contributed by atoms with Gasteiger partial charge in [-0.15, -0.1) is 0 Å². The fourth-order valence-corrected chi connectivity index (χ4v) is 0. The van der Waals surface area contributed by atoms with Gasteiger partial charge in [0.25, 0.3) is 0 Å². The van der Waals surface area contributed by atoms with E-state index in [0.717, 1.165) is 28.4 Å². The van der Waals surface area contributed by atoms with Crippen LogP contribution in [0.5, 0.6) is 0 Å². The van der Waals surface area contributed by atoms with Gasteiger partial charge < -0.3 is 40.9 Å². The van der Waals surface area contributed by atoms with Crippen molar-refractivity contribution in [2.75, 3.05) is 28.4 Å². The van der Waals surface area contributed by atoms with E-state index in [-0.39, 0.29) is 67.9 Å². The van der Waals surface area contributed by atoms with E-state index in [1.165, 1.54) is 0 Å². The van der Waals surface area contributed by atoms with Gasteiger partial charge in [-0.1, -0.05) is 0 Å². The second kappa shape index (κ2) is 95.8. The average molecular weight is 464 g/mol. The summed E-state index contributed by atoms with van der Waals surface area (Å²) >= 11 is 0. The van der Waals surface area contributed by atoms with Crippen LogP contribution in [-0.4, -0.2) is 93.7 Å². The summed E-state index contributed by atoms with van der Waals surface area (Å²) in [7, 11) is 4.00. The summed E-state index contributed by atoms with van der Waals surface area (Å²) in [5.74, 6) is 0. The van der Waals surface area contributed by atoms with E-state index in [2.05, 4.69) is 0 Å². The van der Waals surface area contributed by atoms with E-state index in [9.17, 15) is 0 Å². The molecule has 0 rings (SSSR count). The van der Waals surface area contributed by atoms with Gasteiger partial charge in [-0.2, -0.15) is 0 Å². The second-order valence-electron chi connectivity index (χ2n) is 4.37. The Morgan fingerprint density at radius 1 is 0.308 bits per heavy atom. The van der Waals surface area contributed by atoms with Crippen molar-refractivity contribution in [2.45, 2.75) is 79.8 Å². The van der Waals surface area contributed by atoms with E-state index in [0.29, 0.717) is 0 Å². The molecule has 0 saturated carbocycles. The van der Waals surface area contributed by atoms with Crippen LogP contribution in [0, 0.1) is 0 Å². The van der Waals surface area contributed by atoms with Gasteiger partial charge in [-0.25, -0.2) is 0 Å². The Labute approximate surface area is 192 Å². The van der Waals surface area contributed by atoms with Crippen molar-refractivity contribution in [3.8, 4) is 0 Å². The molecule has 0 aliphatic carbocycles. The molecule has 168 valence electrons. The first-order chi connectivity index (χ1) is 10.9. The molecule has 0 aromatic heterocycles. The van der Waals surface area contributed by atoms with Crippen LogP contribution in [0.25, 0.3) is 0 Å². The van der Waals surface area contributed by atoms with Gasteiger partial charge in [0.05, 0.1) is 0 Å². The first kappa shape index (κ1) is 63.1. The minimum Gasteiger partial charge on any atom is -0.400 e. The molecule has 0 saturated heterocycles. The molecular formula is C16H48O8Ti2. The molecule has 8 N–H and O–H groups in total. The largest absolute Gasteiger partial charge is 0.400 e. The van der Waals surface area contributed by atoms with E-state index in [4.69, 9.17) is 40.9 Å². The number of aliphatic hydroxyl groups excluding tert-OH is 8. The van der Waals surface area contributed by atoms with E-state index >= 15 is 0 Å². The Balaban J connectivity index is -0.0000000142. The van der Waals surface area contributed by atoms with E-state index < -0.39 is 0 Å². The Hall–Kier alpha value is 1.11. The quantitative estimate of drug-likeness (QED) is 0.232. The van der Waals surface area contributed by atoms with Gasteiger partial charge >= 0.3 is 0 Å². The zero-order valence-electron chi connectivity index (χ0n) is 18.9. The summed E-state index contributed by atoms with van der Waals surface area (Å²) in [5, 5.41) is 60.2. The van der Waals surface area contributed by atoms with Crippen molar-refractivity contribution >= 4 is 0 Å². The average Bonchev–Trinajstić information content (AvgIpc) is 2.44. The molecule has 0 spiro atoms. The molecule has 0 atom stereocenters. The third kappa shape index (κ3) is 11900. The minimum absolute atomic E-state index is 0. The van der Waals surface area contributed by atoms with Crippen molar-refractivity contribution in [2.24, 2.45) is 0 Å². The van der Waals surface area contributed by atoms with Crippen molar-refractivity contribution in [3.63, 3.8) is 0 Å². The number of hydrogen-bond donors (Lipinski definition) is 8. The van der Waals surface area contributed by atoms with Crippen LogP contribution in [0.2, 0.25) is 0 Å². The second-order valence-corrected chi connectivity index (χ2v) is 4.37. The summed E-state index contributed by atoms with van der Waals surface area (Å²) in [5.41, 5.74) is 0. The Morgan fingerprint density at radius 2 is 0.308 bits per heavy atom. The third-order valence-corrected chi connectivity index (χ3v) is 0. The van der Waals surface area contributed by atoms with Crippen molar-refractivity contribution in [1.82, 2.24) is 0 Å². The predicted molar refractivity (Wildman–Crippen MR) is 102 cm³/mol. The molecule has 0 aromatic carbocycles. The van der Waals surface area contributed by atoms with Gasteiger partial charge in [0.15, 0.2) is 0 Å². The first-order valence-electron chi connectivity index (χ1n) is 7.44. The number of hydrogen-bond acceptors (Lipinski definition) is 8. The van der Waals surface area contributed by atoms with Gasteiger partial charge in [-0.3, -0.25) is 0 Å². The smallest absolute Gasteiger partial charge is 0.0483 e. The molecule has 0 amide bonds. The zero-order chi connectivity index (χ0) is 22.3. The van der Waals surface area contributed by atoms with Crippen LogP contribution in [0.15, 0.2) is 0 Å². The monoisotopic (exact) mass is 464 g/mol. The number of rotatable bonds is 0. The molecule has 0 aliphatic heterocycles. The fraction of sp³-hybridized carbons (Fsp3) is 1.00.